The Kier molecular flexibility index (Phi) is 7.07. The first-order valence-electron chi connectivity index (χ1n) is 9.44. The van der Waals surface area contributed by atoms with E-state index in [-0.39, 0.29) is 35.6 Å². The Labute approximate surface area is 190 Å². The second-order valence-electron chi connectivity index (χ2n) is 6.87. The number of nitrogens with zero attached hydrogens (tertiary/aromatic N) is 3. The van der Waals surface area contributed by atoms with Gasteiger partial charge in [-0.05, 0) is 24.3 Å². The number of hydrogen-bond acceptors (Lipinski definition) is 10. The van der Waals surface area contributed by atoms with Crippen LogP contribution >= 0.6 is 12.6 Å². The Morgan fingerprint density at radius 1 is 1.12 bits per heavy atom. The van der Waals surface area contributed by atoms with Crippen LogP contribution in [0, 0.1) is 0 Å². The zero-order valence-electron chi connectivity index (χ0n) is 16.8. The number of thiol groups is 1. The number of anilines is 2. The Bertz CT molecular complexity index is 1260. The van der Waals surface area contributed by atoms with Crippen molar-refractivity contribution < 1.29 is 24.6 Å². The first-order chi connectivity index (χ1) is 15.6. The molecule has 3 rings (SSSR count). The number of fused-ring (bicyclic) bond motifs is 1. The number of carbonyl (C=O) groups is 3. The molecule has 2 aromatic heterocycles. The maximum absolute atomic E-state index is 12.3. The monoisotopic (exact) mass is 473 g/mol. The third-order valence-electron chi connectivity index (χ3n) is 4.45. The topological polar surface area (TPSA) is 213 Å². The van der Waals surface area contributed by atoms with Crippen LogP contribution in [-0.2, 0) is 16.1 Å². The molecule has 2 heterocycles. The van der Waals surface area contributed by atoms with Crippen molar-refractivity contribution in [3.05, 3.63) is 52.1 Å². The average molecular weight is 473 g/mol. The maximum Gasteiger partial charge on any atom is 0.326 e. The number of aromatic nitrogens is 4. The number of carbonyl (C=O) groups excluding carboxylic acids is 1. The van der Waals surface area contributed by atoms with Crippen LogP contribution in [0.5, 0.6) is 0 Å². The number of nitrogens with two attached hydrogens (primary N) is 1. The minimum atomic E-state index is -1.41. The summed E-state index contributed by atoms with van der Waals surface area (Å²) in [5, 5.41) is 22.2. The van der Waals surface area contributed by atoms with Crippen molar-refractivity contribution in [2.75, 3.05) is 11.1 Å². The molecule has 0 aliphatic rings. The molecule has 33 heavy (non-hydrogen) atoms. The minimum absolute atomic E-state index is 0.0508. The third kappa shape index (κ3) is 5.94. The molecule has 0 spiro atoms. The van der Waals surface area contributed by atoms with Gasteiger partial charge in [-0.25, -0.2) is 14.8 Å². The standard InChI is InChI=1S/C19H19N7O6S/c20-19-25-14-13(16(28)26-19)23-10(7-22-14)6-21-9-3-1-8(2-4-9)15(27)24-11(17(29)30)5-12(33)18(31)32/h1-4,7,11-12,21,33H,5-6H2,(H,24,27)(H,29,30)(H,31,32)(H3,20,22,25,26,28). The van der Waals surface area contributed by atoms with Crippen LogP contribution in [0.4, 0.5) is 11.6 Å². The number of aromatic amines is 1. The van der Waals surface area contributed by atoms with E-state index in [0.717, 1.165) is 0 Å². The molecule has 3 aromatic rings. The highest BCUT2D eigenvalue weighted by atomic mass is 32.1. The zero-order chi connectivity index (χ0) is 24.1. The van der Waals surface area contributed by atoms with Crippen molar-refractivity contribution in [2.24, 2.45) is 0 Å². The van der Waals surface area contributed by atoms with Gasteiger partial charge in [0.1, 0.15) is 11.3 Å². The first-order valence-corrected chi connectivity index (χ1v) is 9.95. The van der Waals surface area contributed by atoms with Crippen molar-refractivity contribution in [1.82, 2.24) is 25.3 Å². The molecule has 0 saturated heterocycles. The van der Waals surface area contributed by atoms with E-state index in [4.69, 9.17) is 10.8 Å². The van der Waals surface area contributed by atoms with Crippen molar-refractivity contribution in [1.29, 1.82) is 0 Å². The number of carboxylic acid groups (broad SMARTS) is 2. The van der Waals surface area contributed by atoms with Crippen LogP contribution < -0.4 is 21.9 Å². The summed E-state index contributed by atoms with van der Waals surface area (Å²) in [5.74, 6) is -3.38. The summed E-state index contributed by atoms with van der Waals surface area (Å²) in [6.45, 7) is 0.220. The SMILES string of the molecule is Nc1nc2ncc(CNc3ccc(C(=O)NC(CC(S)C(=O)O)C(=O)O)cc3)nc2c(=O)[nH]1. The number of rotatable bonds is 9. The molecule has 0 fully saturated rings. The predicted octanol–water partition coefficient (Wildman–Crippen LogP) is -0.136. The number of nitrogens with one attached hydrogen (secondary N) is 3. The second-order valence-corrected chi connectivity index (χ2v) is 7.49. The molecule has 1 amide bonds. The number of benzene rings is 1. The Hall–Kier alpha value is -4.20. The van der Waals surface area contributed by atoms with Gasteiger partial charge in [0.05, 0.1) is 18.4 Å². The van der Waals surface area contributed by atoms with Crippen LogP contribution in [0.15, 0.2) is 35.3 Å². The van der Waals surface area contributed by atoms with Gasteiger partial charge in [0.2, 0.25) is 5.95 Å². The van der Waals surface area contributed by atoms with Gasteiger partial charge in [0.15, 0.2) is 11.2 Å². The van der Waals surface area contributed by atoms with Gasteiger partial charge in [0.25, 0.3) is 11.5 Å². The van der Waals surface area contributed by atoms with Crippen molar-refractivity contribution in [3.63, 3.8) is 0 Å². The average Bonchev–Trinajstić information content (AvgIpc) is 2.77. The van der Waals surface area contributed by atoms with E-state index in [1.807, 2.05) is 0 Å². The smallest absolute Gasteiger partial charge is 0.326 e. The molecule has 0 aliphatic heterocycles. The van der Waals surface area contributed by atoms with Crippen molar-refractivity contribution in [2.45, 2.75) is 24.3 Å². The molecule has 7 N–H and O–H groups in total. The molecular weight excluding hydrogens is 454 g/mol. The van der Waals surface area contributed by atoms with Gasteiger partial charge in [-0.2, -0.15) is 17.6 Å². The van der Waals surface area contributed by atoms with Gasteiger partial charge in [-0.1, -0.05) is 0 Å². The van der Waals surface area contributed by atoms with E-state index in [0.29, 0.717) is 11.4 Å². The summed E-state index contributed by atoms with van der Waals surface area (Å²) >= 11 is 3.81. The number of nitrogen functional groups attached to an aromatic ring is 1. The van der Waals surface area contributed by atoms with Crippen molar-refractivity contribution in [3.8, 4) is 0 Å². The highest BCUT2D eigenvalue weighted by molar-refractivity contribution is 7.81. The zero-order valence-corrected chi connectivity index (χ0v) is 17.7. The predicted molar refractivity (Wildman–Crippen MR) is 120 cm³/mol. The fraction of sp³-hybridized carbons (Fsp3) is 0.211. The van der Waals surface area contributed by atoms with Crippen LogP contribution in [0.25, 0.3) is 11.2 Å². The summed E-state index contributed by atoms with van der Waals surface area (Å²) < 4.78 is 0. The van der Waals surface area contributed by atoms with Gasteiger partial charge < -0.3 is 26.6 Å². The molecule has 13 nitrogen and oxygen atoms in total. The molecule has 0 bridgehead atoms. The molecule has 172 valence electrons. The van der Waals surface area contributed by atoms with Gasteiger partial charge in [-0.3, -0.25) is 19.4 Å². The molecule has 0 saturated carbocycles. The minimum Gasteiger partial charge on any atom is -0.480 e. The van der Waals surface area contributed by atoms with E-state index in [2.05, 4.69) is 43.2 Å². The fourth-order valence-corrected chi connectivity index (χ4v) is 2.99. The normalized spacial score (nSPS) is 12.6. The van der Waals surface area contributed by atoms with Crippen LogP contribution in [-0.4, -0.2) is 59.3 Å². The Morgan fingerprint density at radius 3 is 2.45 bits per heavy atom. The Balaban J connectivity index is 1.63. The van der Waals surface area contributed by atoms with Crippen LogP contribution in [0.3, 0.4) is 0 Å². The molecule has 2 unspecified atom stereocenters. The second kappa shape index (κ2) is 9.95. The molecule has 14 heteroatoms. The van der Waals surface area contributed by atoms with Gasteiger partial charge in [0, 0.05) is 17.7 Å². The summed E-state index contributed by atoms with van der Waals surface area (Å²) in [5.41, 5.74) is 6.41. The molecule has 0 radical (unpaired) electrons. The lowest BCUT2D eigenvalue weighted by atomic mass is 10.1. The molecule has 2 atom stereocenters. The maximum atomic E-state index is 12.3. The summed E-state index contributed by atoms with van der Waals surface area (Å²) in [4.78, 5) is 61.0. The van der Waals surface area contributed by atoms with E-state index in [1.165, 1.54) is 18.3 Å². The summed E-state index contributed by atoms with van der Waals surface area (Å²) in [6, 6.07) is 4.71. The fourth-order valence-electron chi connectivity index (χ4n) is 2.78. The first kappa shape index (κ1) is 23.5. The molecule has 1 aromatic carbocycles. The largest absolute Gasteiger partial charge is 0.480 e. The lowest BCUT2D eigenvalue weighted by Gasteiger charge is -2.16. The number of amides is 1. The third-order valence-corrected chi connectivity index (χ3v) is 4.89. The lowest BCUT2D eigenvalue weighted by Crippen LogP contribution is -2.43. The Morgan fingerprint density at radius 2 is 1.82 bits per heavy atom. The summed E-state index contributed by atoms with van der Waals surface area (Å²) in [6.07, 6.45) is 1.07. The van der Waals surface area contributed by atoms with E-state index in [9.17, 15) is 24.3 Å². The van der Waals surface area contributed by atoms with E-state index < -0.39 is 34.7 Å². The number of H-pyrrole nitrogens is 1. The van der Waals surface area contributed by atoms with Gasteiger partial charge in [-0.15, -0.1) is 0 Å². The molecular formula is C19H19N7O6S. The van der Waals surface area contributed by atoms with Crippen molar-refractivity contribution >= 4 is 53.3 Å². The highest BCUT2D eigenvalue weighted by Crippen LogP contribution is 2.13. The van der Waals surface area contributed by atoms with Crippen LogP contribution in [0.1, 0.15) is 22.5 Å². The number of carboxylic acids is 2. The quantitative estimate of drug-likeness (QED) is 0.203. The van der Waals surface area contributed by atoms with Gasteiger partial charge >= 0.3 is 11.9 Å². The van der Waals surface area contributed by atoms with Crippen LogP contribution in [0.2, 0.25) is 0 Å². The van der Waals surface area contributed by atoms with E-state index >= 15 is 0 Å². The van der Waals surface area contributed by atoms with E-state index in [1.54, 1.807) is 12.1 Å². The highest BCUT2D eigenvalue weighted by Gasteiger charge is 2.26. The lowest BCUT2D eigenvalue weighted by molar-refractivity contribution is -0.140. The number of hydrogen-bond donors (Lipinski definition) is 7. The number of aliphatic carboxylic acids is 2. The molecule has 0 aliphatic carbocycles. The summed E-state index contributed by atoms with van der Waals surface area (Å²) in [7, 11) is 0.